The van der Waals surface area contributed by atoms with Crippen molar-refractivity contribution in [2.75, 3.05) is 38.8 Å². The fourth-order valence-corrected chi connectivity index (χ4v) is 4.21. The highest BCUT2D eigenvalue weighted by Gasteiger charge is 2.20. The largest absolute Gasteiger partial charge is 0.370 e. The van der Waals surface area contributed by atoms with Gasteiger partial charge in [-0.15, -0.1) is 16.4 Å². The molecule has 1 aliphatic rings. The smallest absolute Gasteiger partial charge is 0.249 e. The number of aromatic nitrogens is 4. The molecule has 0 aliphatic carbocycles. The van der Waals surface area contributed by atoms with E-state index in [1.807, 2.05) is 54.8 Å². The van der Waals surface area contributed by atoms with E-state index in [2.05, 4.69) is 20.6 Å². The Labute approximate surface area is 196 Å². The lowest BCUT2D eigenvalue weighted by Crippen LogP contribution is -2.41. The number of nitrogens with one attached hydrogen (secondary N) is 1. The Morgan fingerprint density at radius 3 is 2.91 bits per heavy atom. The van der Waals surface area contributed by atoms with E-state index in [-0.39, 0.29) is 18.4 Å². The van der Waals surface area contributed by atoms with Crippen LogP contribution in [0.5, 0.6) is 0 Å². The van der Waals surface area contributed by atoms with Crippen molar-refractivity contribution >= 4 is 28.3 Å². The van der Waals surface area contributed by atoms with Crippen molar-refractivity contribution in [3.05, 3.63) is 52.8 Å². The molecule has 2 aromatic heterocycles. The van der Waals surface area contributed by atoms with Crippen LogP contribution in [0.4, 0.5) is 5.13 Å². The number of ether oxygens (including phenoxy) is 1. The Balaban J connectivity index is 1.34. The van der Waals surface area contributed by atoms with Crippen molar-refractivity contribution in [1.82, 2.24) is 30.2 Å². The highest BCUT2D eigenvalue weighted by molar-refractivity contribution is 7.13. The second-order valence-electron chi connectivity index (χ2n) is 7.94. The van der Waals surface area contributed by atoms with Crippen LogP contribution >= 0.6 is 11.3 Å². The van der Waals surface area contributed by atoms with Crippen LogP contribution in [-0.2, 0) is 33.8 Å². The minimum atomic E-state index is -0.0437. The maximum Gasteiger partial charge on any atom is 0.249 e. The fourth-order valence-electron chi connectivity index (χ4n) is 3.46. The molecular formula is C22H27N7O3S. The summed E-state index contributed by atoms with van der Waals surface area (Å²) >= 11 is 1.55. The molecule has 3 aromatic rings. The molecule has 11 heteroatoms. The highest BCUT2D eigenvalue weighted by atomic mass is 32.1. The Morgan fingerprint density at radius 2 is 2.12 bits per heavy atom. The number of nitrogens with zero attached hydrogens (tertiary/aromatic N) is 6. The molecule has 1 aliphatic heterocycles. The van der Waals surface area contributed by atoms with Crippen LogP contribution in [0.25, 0.3) is 5.69 Å². The Morgan fingerprint density at radius 1 is 1.27 bits per heavy atom. The number of carbonyl (C=O) groups is 2. The third kappa shape index (κ3) is 5.93. The van der Waals surface area contributed by atoms with Crippen LogP contribution in [0, 0.1) is 0 Å². The molecule has 2 amide bonds. The van der Waals surface area contributed by atoms with Crippen LogP contribution in [-0.4, -0.2) is 70.5 Å². The van der Waals surface area contributed by atoms with Gasteiger partial charge in [-0.05, 0) is 18.1 Å². The standard InChI is InChI=1S/C22H27N7O3S/c1-27(2)22-24-17(15-33-22)11-23-20(30)8-7-16-5-3-4-6-19(16)29-13-18(25-26-29)12-28-9-10-32-14-21(28)31/h3-6,13,15H,7-12,14H2,1-2H3,(H,23,30). The van der Waals surface area contributed by atoms with Crippen molar-refractivity contribution < 1.29 is 14.3 Å². The van der Waals surface area contributed by atoms with Gasteiger partial charge in [-0.3, -0.25) is 9.59 Å². The summed E-state index contributed by atoms with van der Waals surface area (Å²) in [6, 6.07) is 7.80. The van der Waals surface area contributed by atoms with Crippen molar-refractivity contribution in [2.45, 2.75) is 25.9 Å². The topological polar surface area (TPSA) is 105 Å². The lowest BCUT2D eigenvalue weighted by molar-refractivity contribution is -0.143. The predicted octanol–water partition coefficient (Wildman–Crippen LogP) is 1.40. The Hall–Kier alpha value is -3.31. The number of rotatable bonds is 9. The second kappa shape index (κ2) is 10.5. The summed E-state index contributed by atoms with van der Waals surface area (Å²) < 4.78 is 6.87. The molecule has 0 saturated carbocycles. The monoisotopic (exact) mass is 469 g/mol. The first-order chi connectivity index (χ1) is 16.0. The zero-order valence-electron chi connectivity index (χ0n) is 18.7. The van der Waals surface area contributed by atoms with Crippen LogP contribution in [0.2, 0.25) is 0 Å². The van der Waals surface area contributed by atoms with Crippen molar-refractivity contribution in [3.8, 4) is 5.69 Å². The van der Waals surface area contributed by atoms with Gasteiger partial charge in [0.1, 0.15) is 12.3 Å². The Kier molecular flexibility index (Phi) is 7.30. The van der Waals surface area contributed by atoms with Gasteiger partial charge < -0.3 is 19.9 Å². The quantitative estimate of drug-likeness (QED) is 0.505. The van der Waals surface area contributed by atoms with Crippen molar-refractivity contribution in [2.24, 2.45) is 0 Å². The van der Waals surface area contributed by atoms with E-state index in [1.54, 1.807) is 20.9 Å². The van der Waals surface area contributed by atoms with Gasteiger partial charge in [0.15, 0.2) is 5.13 Å². The molecule has 1 aromatic carbocycles. The van der Waals surface area contributed by atoms with Crippen molar-refractivity contribution in [1.29, 1.82) is 0 Å². The molecule has 1 N–H and O–H groups in total. The number of hydrogen-bond acceptors (Lipinski definition) is 8. The molecule has 0 unspecified atom stereocenters. The summed E-state index contributed by atoms with van der Waals surface area (Å²) in [5.41, 5.74) is 3.42. The maximum absolute atomic E-state index is 12.4. The van der Waals surface area contributed by atoms with Gasteiger partial charge in [0.2, 0.25) is 11.8 Å². The predicted molar refractivity (Wildman–Crippen MR) is 124 cm³/mol. The minimum Gasteiger partial charge on any atom is -0.370 e. The number of thiazole rings is 1. The van der Waals surface area contributed by atoms with Crippen LogP contribution in [0.3, 0.4) is 0 Å². The first-order valence-corrected chi connectivity index (χ1v) is 11.6. The van der Waals surface area contributed by atoms with Crippen molar-refractivity contribution in [3.63, 3.8) is 0 Å². The third-order valence-corrected chi connectivity index (χ3v) is 6.28. The minimum absolute atomic E-state index is 0.0330. The number of hydrogen-bond donors (Lipinski definition) is 1. The number of morpholine rings is 1. The number of benzene rings is 1. The summed E-state index contributed by atoms with van der Waals surface area (Å²) in [5, 5.41) is 14.3. The molecule has 10 nitrogen and oxygen atoms in total. The van der Waals surface area contributed by atoms with Crippen LogP contribution in [0.15, 0.2) is 35.8 Å². The maximum atomic E-state index is 12.4. The third-order valence-electron chi connectivity index (χ3n) is 5.23. The van der Waals surface area contributed by atoms with E-state index in [1.165, 1.54) is 0 Å². The van der Waals surface area contributed by atoms with Gasteiger partial charge >= 0.3 is 0 Å². The summed E-state index contributed by atoms with van der Waals surface area (Å²) in [5.74, 6) is -0.0767. The zero-order valence-corrected chi connectivity index (χ0v) is 19.5. The molecule has 1 saturated heterocycles. The van der Waals surface area contributed by atoms with Gasteiger partial charge in [0, 0.05) is 32.4 Å². The molecule has 0 radical (unpaired) electrons. The molecule has 0 spiro atoms. The summed E-state index contributed by atoms with van der Waals surface area (Å²) in [6.07, 6.45) is 2.75. The Bertz CT molecular complexity index is 1110. The molecule has 33 heavy (non-hydrogen) atoms. The van der Waals surface area contributed by atoms with E-state index in [0.29, 0.717) is 44.8 Å². The molecular weight excluding hydrogens is 442 g/mol. The first-order valence-electron chi connectivity index (χ1n) is 10.7. The molecule has 3 heterocycles. The van der Waals surface area contributed by atoms with Gasteiger partial charge in [-0.25, -0.2) is 9.67 Å². The van der Waals surface area contributed by atoms with Gasteiger partial charge in [0.05, 0.1) is 37.3 Å². The lowest BCUT2D eigenvalue weighted by atomic mass is 10.1. The van der Waals surface area contributed by atoms with Crippen LogP contribution in [0.1, 0.15) is 23.4 Å². The normalized spacial score (nSPS) is 13.9. The molecule has 0 atom stereocenters. The van der Waals surface area contributed by atoms with E-state index >= 15 is 0 Å². The molecule has 174 valence electrons. The number of carbonyl (C=O) groups excluding carboxylic acids is 2. The molecule has 0 bridgehead atoms. The summed E-state index contributed by atoms with van der Waals surface area (Å²) in [4.78, 5) is 32.5. The average Bonchev–Trinajstić information content (AvgIpc) is 3.48. The van der Waals surface area contributed by atoms with E-state index in [4.69, 9.17) is 4.74 Å². The van der Waals surface area contributed by atoms with Gasteiger partial charge in [-0.2, -0.15) is 0 Å². The summed E-state index contributed by atoms with van der Waals surface area (Å²) in [7, 11) is 3.89. The van der Waals surface area contributed by atoms with E-state index in [0.717, 1.165) is 22.1 Å². The second-order valence-corrected chi connectivity index (χ2v) is 8.78. The highest BCUT2D eigenvalue weighted by Crippen LogP contribution is 2.18. The van der Waals surface area contributed by atoms with Gasteiger partial charge in [-0.1, -0.05) is 23.4 Å². The van der Waals surface area contributed by atoms with Crippen LogP contribution < -0.4 is 10.2 Å². The number of anilines is 1. The summed E-state index contributed by atoms with van der Waals surface area (Å²) in [6.45, 7) is 2.01. The lowest BCUT2D eigenvalue weighted by Gasteiger charge is -2.25. The molecule has 4 rings (SSSR count). The SMILES string of the molecule is CN(C)c1nc(CNC(=O)CCc2ccccc2-n2cc(CN3CCOCC3=O)nn2)cs1. The first kappa shape index (κ1) is 22.9. The fraction of sp³-hybridized carbons (Fsp3) is 0.409. The molecule has 1 fully saturated rings. The van der Waals surface area contributed by atoms with E-state index in [9.17, 15) is 9.59 Å². The number of para-hydroxylation sites is 1. The average molecular weight is 470 g/mol. The number of aryl methyl sites for hydroxylation is 1. The number of amides is 2. The zero-order chi connectivity index (χ0) is 23.2. The van der Waals surface area contributed by atoms with Gasteiger partial charge in [0.25, 0.3) is 0 Å². The van der Waals surface area contributed by atoms with E-state index < -0.39 is 0 Å².